The van der Waals surface area contributed by atoms with Gasteiger partial charge in [-0.25, -0.2) is 0 Å². The number of aromatic nitrogens is 5. The fourth-order valence-corrected chi connectivity index (χ4v) is 3.76. The third kappa shape index (κ3) is 5.70. The number of aromatic amines is 1. The molecule has 154 valence electrons. The van der Waals surface area contributed by atoms with Crippen molar-refractivity contribution in [2.75, 3.05) is 11.9 Å². The van der Waals surface area contributed by atoms with E-state index < -0.39 is 0 Å². The Morgan fingerprint density at radius 2 is 2.07 bits per heavy atom. The van der Waals surface area contributed by atoms with E-state index in [2.05, 4.69) is 32.6 Å². The third-order valence-corrected chi connectivity index (χ3v) is 5.41. The van der Waals surface area contributed by atoms with Crippen molar-refractivity contribution in [3.63, 3.8) is 0 Å². The number of rotatable bonds is 10. The number of carbonyl (C=O) groups excluding carboxylic acids is 1. The van der Waals surface area contributed by atoms with Crippen molar-refractivity contribution in [1.29, 1.82) is 0 Å². The number of carbonyl (C=O) groups is 1. The molecule has 10 heteroatoms. The fourth-order valence-electron chi connectivity index (χ4n) is 2.74. The van der Waals surface area contributed by atoms with Crippen LogP contribution in [0.1, 0.15) is 38.1 Å². The summed E-state index contributed by atoms with van der Waals surface area (Å²) in [5.41, 5.74) is 0.894. The monoisotopic (exact) mass is 432 g/mol. The molecule has 0 aliphatic carbocycles. The van der Waals surface area contributed by atoms with E-state index in [0.717, 1.165) is 35.6 Å². The SMILES string of the molecule is CCCCc1nnc(NC(=O)CCn2c(-c3ccc(OCC)cc3)n[nH]c2=S)s1. The molecular weight excluding hydrogens is 408 g/mol. The van der Waals surface area contributed by atoms with Gasteiger partial charge in [0.1, 0.15) is 10.8 Å². The number of ether oxygens (including phenoxy) is 1. The molecule has 0 aliphatic heterocycles. The van der Waals surface area contributed by atoms with Gasteiger partial charge in [-0.1, -0.05) is 24.7 Å². The third-order valence-electron chi connectivity index (χ3n) is 4.20. The number of nitrogens with zero attached hydrogens (tertiary/aromatic N) is 4. The van der Waals surface area contributed by atoms with Crippen molar-refractivity contribution in [3.05, 3.63) is 34.0 Å². The maximum absolute atomic E-state index is 12.3. The van der Waals surface area contributed by atoms with E-state index in [-0.39, 0.29) is 12.3 Å². The molecule has 3 aromatic rings. The lowest BCUT2D eigenvalue weighted by Crippen LogP contribution is -2.15. The second-order valence-electron chi connectivity index (χ2n) is 6.36. The molecular formula is C19H24N6O2S2. The lowest BCUT2D eigenvalue weighted by atomic mass is 10.2. The zero-order valence-electron chi connectivity index (χ0n) is 16.5. The van der Waals surface area contributed by atoms with E-state index in [1.165, 1.54) is 11.3 Å². The normalized spacial score (nSPS) is 10.8. The molecule has 0 saturated carbocycles. The van der Waals surface area contributed by atoms with Crippen LogP contribution >= 0.6 is 23.6 Å². The number of hydrogen-bond acceptors (Lipinski definition) is 7. The minimum atomic E-state index is -0.135. The first-order valence-corrected chi connectivity index (χ1v) is 10.8. The van der Waals surface area contributed by atoms with Crippen LogP contribution in [0.2, 0.25) is 0 Å². The van der Waals surface area contributed by atoms with E-state index in [4.69, 9.17) is 17.0 Å². The Labute approximate surface area is 178 Å². The minimum absolute atomic E-state index is 0.135. The summed E-state index contributed by atoms with van der Waals surface area (Å²) in [4.78, 5) is 12.3. The molecule has 0 bridgehead atoms. The van der Waals surface area contributed by atoms with Crippen LogP contribution in [0.25, 0.3) is 11.4 Å². The summed E-state index contributed by atoms with van der Waals surface area (Å²) in [7, 11) is 0. The van der Waals surface area contributed by atoms with Gasteiger partial charge in [-0.3, -0.25) is 14.5 Å². The van der Waals surface area contributed by atoms with Crippen LogP contribution in [0.5, 0.6) is 5.75 Å². The van der Waals surface area contributed by atoms with Crippen LogP contribution in [0, 0.1) is 4.77 Å². The van der Waals surface area contributed by atoms with E-state index in [1.807, 2.05) is 35.8 Å². The van der Waals surface area contributed by atoms with E-state index in [9.17, 15) is 4.79 Å². The summed E-state index contributed by atoms with van der Waals surface area (Å²) in [6, 6.07) is 7.62. The molecule has 8 nitrogen and oxygen atoms in total. The van der Waals surface area contributed by atoms with Gasteiger partial charge in [0.2, 0.25) is 11.0 Å². The van der Waals surface area contributed by atoms with Gasteiger partial charge in [0.05, 0.1) is 6.61 Å². The first-order valence-electron chi connectivity index (χ1n) is 9.61. The lowest BCUT2D eigenvalue weighted by molar-refractivity contribution is -0.116. The standard InChI is InChI=1S/C19H24N6O2S2/c1-3-5-6-16-21-23-18(29-16)20-15(26)11-12-25-17(22-24-19(25)28)13-7-9-14(10-8-13)27-4-2/h7-10H,3-6,11-12H2,1-2H3,(H,24,28)(H,20,23,26). The van der Waals surface area contributed by atoms with Crippen molar-refractivity contribution < 1.29 is 9.53 Å². The summed E-state index contributed by atoms with van der Waals surface area (Å²) >= 11 is 6.76. The summed E-state index contributed by atoms with van der Waals surface area (Å²) in [6.07, 6.45) is 3.31. The maximum Gasteiger partial charge on any atom is 0.227 e. The van der Waals surface area contributed by atoms with Gasteiger partial charge >= 0.3 is 0 Å². The van der Waals surface area contributed by atoms with E-state index in [0.29, 0.717) is 28.9 Å². The zero-order valence-corrected chi connectivity index (χ0v) is 18.1. The first-order chi connectivity index (χ1) is 14.1. The topological polar surface area (TPSA) is 97.7 Å². The highest BCUT2D eigenvalue weighted by molar-refractivity contribution is 7.71. The number of aryl methyl sites for hydroxylation is 1. The van der Waals surface area contributed by atoms with Crippen molar-refractivity contribution in [1.82, 2.24) is 25.0 Å². The van der Waals surface area contributed by atoms with Crippen LogP contribution in [0.3, 0.4) is 0 Å². The summed E-state index contributed by atoms with van der Waals surface area (Å²) in [6.45, 7) is 5.09. The maximum atomic E-state index is 12.3. The summed E-state index contributed by atoms with van der Waals surface area (Å²) in [5, 5.41) is 19.5. The number of hydrogen-bond donors (Lipinski definition) is 2. The number of unbranched alkanes of at least 4 members (excludes halogenated alkanes) is 1. The van der Waals surface area contributed by atoms with Crippen LogP contribution in [0.15, 0.2) is 24.3 Å². The molecule has 0 radical (unpaired) electrons. The van der Waals surface area contributed by atoms with E-state index in [1.54, 1.807) is 0 Å². The van der Waals surface area contributed by atoms with Crippen LogP contribution < -0.4 is 10.1 Å². The van der Waals surface area contributed by atoms with E-state index >= 15 is 0 Å². The Balaban J connectivity index is 1.62. The molecule has 0 unspecified atom stereocenters. The number of H-pyrrole nitrogens is 1. The van der Waals surface area contributed by atoms with Gasteiger partial charge in [-0.15, -0.1) is 10.2 Å². The molecule has 29 heavy (non-hydrogen) atoms. The number of anilines is 1. The Morgan fingerprint density at radius 1 is 1.28 bits per heavy atom. The Bertz CT molecular complexity index is 993. The molecule has 1 aromatic carbocycles. The smallest absolute Gasteiger partial charge is 0.227 e. The number of amides is 1. The minimum Gasteiger partial charge on any atom is -0.494 e. The fraction of sp³-hybridized carbons (Fsp3) is 0.421. The Kier molecular flexibility index (Phi) is 7.48. The molecule has 3 rings (SSSR count). The lowest BCUT2D eigenvalue weighted by Gasteiger charge is -2.08. The first kappa shape index (κ1) is 21.1. The van der Waals surface area contributed by atoms with Crippen LogP contribution in [0.4, 0.5) is 5.13 Å². The van der Waals surface area contributed by atoms with Crippen LogP contribution in [-0.2, 0) is 17.8 Å². The molecule has 0 atom stereocenters. The predicted octanol–water partition coefficient (Wildman–Crippen LogP) is 4.23. The Morgan fingerprint density at radius 3 is 2.79 bits per heavy atom. The second kappa shape index (κ2) is 10.3. The molecule has 2 heterocycles. The molecule has 1 amide bonds. The van der Waals surface area contributed by atoms with Gasteiger partial charge in [-0.05, 0) is 49.8 Å². The molecule has 0 aliphatic rings. The largest absolute Gasteiger partial charge is 0.494 e. The zero-order chi connectivity index (χ0) is 20.6. The van der Waals surface area contributed by atoms with Crippen molar-refractivity contribution in [2.24, 2.45) is 0 Å². The van der Waals surface area contributed by atoms with Gasteiger partial charge in [0.15, 0.2) is 10.6 Å². The highest BCUT2D eigenvalue weighted by atomic mass is 32.1. The van der Waals surface area contributed by atoms with Crippen molar-refractivity contribution >= 4 is 34.6 Å². The van der Waals surface area contributed by atoms with Gasteiger partial charge in [0.25, 0.3) is 0 Å². The quantitative estimate of drug-likeness (QED) is 0.465. The molecule has 2 N–H and O–H groups in total. The van der Waals surface area contributed by atoms with Crippen LogP contribution in [-0.4, -0.2) is 37.5 Å². The van der Waals surface area contributed by atoms with Gasteiger partial charge < -0.3 is 10.1 Å². The summed E-state index contributed by atoms with van der Waals surface area (Å²) in [5.74, 6) is 1.35. The molecule has 0 spiro atoms. The highest BCUT2D eigenvalue weighted by Crippen LogP contribution is 2.22. The summed E-state index contributed by atoms with van der Waals surface area (Å²) < 4.78 is 7.76. The average molecular weight is 433 g/mol. The molecule has 2 aromatic heterocycles. The number of nitrogens with one attached hydrogen (secondary N) is 2. The predicted molar refractivity (Wildman–Crippen MR) is 116 cm³/mol. The van der Waals surface area contributed by atoms with Crippen molar-refractivity contribution in [3.8, 4) is 17.1 Å². The average Bonchev–Trinajstić information content (AvgIpc) is 3.32. The van der Waals surface area contributed by atoms with Gasteiger partial charge in [-0.2, -0.15) is 5.10 Å². The highest BCUT2D eigenvalue weighted by Gasteiger charge is 2.12. The second-order valence-corrected chi connectivity index (χ2v) is 7.81. The molecule has 0 fully saturated rings. The van der Waals surface area contributed by atoms with Gasteiger partial charge in [0, 0.05) is 24.9 Å². The number of benzene rings is 1. The molecule has 0 saturated heterocycles. The van der Waals surface area contributed by atoms with Crippen molar-refractivity contribution in [2.45, 2.75) is 46.1 Å². The Hall–Kier alpha value is -2.59.